The van der Waals surface area contributed by atoms with Crippen LogP contribution in [0.1, 0.15) is 21.5 Å². The maximum absolute atomic E-state index is 12.9. The summed E-state index contributed by atoms with van der Waals surface area (Å²) in [6, 6.07) is 19.7. The second-order valence-corrected chi connectivity index (χ2v) is 6.17. The highest BCUT2D eigenvalue weighted by molar-refractivity contribution is 6.08. The zero-order valence-electron chi connectivity index (χ0n) is 14.1. The fourth-order valence-corrected chi connectivity index (χ4v) is 3.25. The van der Waals surface area contributed by atoms with Crippen molar-refractivity contribution < 1.29 is 4.79 Å². The van der Waals surface area contributed by atoms with Crippen LogP contribution < -0.4 is 10.2 Å². The Bertz CT molecular complexity index is 936. The predicted octanol–water partition coefficient (Wildman–Crippen LogP) is 4.34. The molecule has 1 aliphatic rings. The van der Waals surface area contributed by atoms with Crippen molar-refractivity contribution in [3.8, 4) is 0 Å². The van der Waals surface area contributed by atoms with E-state index < -0.39 is 0 Å². The third-order valence-corrected chi connectivity index (χ3v) is 4.57. The Hall–Kier alpha value is -3.14. The summed E-state index contributed by atoms with van der Waals surface area (Å²) in [4.78, 5) is 19.5. The van der Waals surface area contributed by atoms with Gasteiger partial charge in [-0.2, -0.15) is 0 Å². The number of aryl methyl sites for hydroxylation is 1. The lowest BCUT2D eigenvalue weighted by Crippen LogP contribution is -2.21. The monoisotopic (exact) mass is 329 g/mol. The molecule has 4 rings (SSSR count). The lowest BCUT2D eigenvalue weighted by Gasteiger charge is -2.21. The van der Waals surface area contributed by atoms with E-state index in [0.717, 1.165) is 29.9 Å². The number of fused-ring (bicyclic) bond motifs is 1. The van der Waals surface area contributed by atoms with Crippen molar-refractivity contribution in [2.45, 2.75) is 13.3 Å². The molecule has 0 atom stereocenters. The van der Waals surface area contributed by atoms with Gasteiger partial charge >= 0.3 is 0 Å². The molecule has 0 saturated heterocycles. The summed E-state index contributed by atoms with van der Waals surface area (Å²) in [5.41, 5.74) is 4.86. The van der Waals surface area contributed by atoms with Crippen LogP contribution in [0.25, 0.3) is 0 Å². The standard InChI is InChI=1S/C21H19N3O/c1-15-7-2-4-10-18(15)23-21(25)17-9-6-13-22-20(17)24-14-12-16-8-3-5-11-19(16)24/h2-11,13H,12,14H2,1H3,(H,23,25). The van der Waals surface area contributed by atoms with E-state index in [0.29, 0.717) is 11.4 Å². The molecular weight excluding hydrogens is 310 g/mol. The van der Waals surface area contributed by atoms with E-state index in [-0.39, 0.29) is 5.91 Å². The maximum Gasteiger partial charge on any atom is 0.259 e. The molecule has 0 radical (unpaired) electrons. The lowest BCUT2D eigenvalue weighted by molar-refractivity contribution is 0.102. The first-order valence-corrected chi connectivity index (χ1v) is 8.41. The van der Waals surface area contributed by atoms with Gasteiger partial charge in [0, 0.05) is 24.1 Å². The number of carbonyl (C=O) groups is 1. The second kappa shape index (κ2) is 6.40. The van der Waals surface area contributed by atoms with Crippen LogP contribution in [0.2, 0.25) is 0 Å². The van der Waals surface area contributed by atoms with Gasteiger partial charge in [0.1, 0.15) is 5.82 Å². The molecule has 0 fully saturated rings. The zero-order valence-corrected chi connectivity index (χ0v) is 14.1. The quantitative estimate of drug-likeness (QED) is 0.777. The summed E-state index contributed by atoms with van der Waals surface area (Å²) in [5, 5.41) is 3.01. The van der Waals surface area contributed by atoms with Crippen LogP contribution in [0.3, 0.4) is 0 Å². The summed E-state index contributed by atoms with van der Waals surface area (Å²) >= 11 is 0. The number of benzene rings is 2. The fourth-order valence-electron chi connectivity index (χ4n) is 3.25. The number of hydrogen-bond donors (Lipinski definition) is 1. The van der Waals surface area contributed by atoms with Crippen LogP contribution in [0.4, 0.5) is 17.2 Å². The number of para-hydroxylation sites is 2. The second-order valence-electron chi connectivity index (χ2n) is 6.17. The Morgan fingerprint density at radius 2 is 1.84 bits per heavy atom. The van der Waals surface area contributed by atoms with Gasteiger partial charge in [-0.3, -0.25) is 4.79 Å². The van der Waals surface area contributed by atoms with Gasteiger partial charge < -0.3 is 10.2 Å². The van der Waals surface area contributed by atoms with Crippen LogP contribution in [0.15, 0.2) is 66.9 Å². The average Bonchev–Trinajstić information content (AvgIpc) is 3.07. The molecule has 0 spiro atoms. The summed E-state index contributed by atoms with van der Waals surface area (Å²) in [5.74, 6) is 0.570. The van der Waals surface area contributed by atoms with E-state index in [2.05, 4.69) is 27.3 Å². The van der Waals surface area contributed by atoms with Crippen molar-refractivity contribution in [2.75, 3.05) is 16.8 Å². The highest BCUT2D eigenvalue weighted by Gasteiger charge is 2.25. The Morgan fingerprint density at radius 3 is 2.72 bits per heavy atom. The maximum atomic E-state index is 12.9. The minimum atomic E-state index is -0.137. The van der Waals surface area contributed by atoms with Gasteiger partial charge in [0.05, 0.1) is 5.56 Å². The van der Waals surface area contributed by atoms with E-state index in [1.165, 1.54) is 5.56 Å². The van der Waals surface area contributed by atoms with E-state index >= 15 is 0 Å². The van der Waals surface area contributed by atoms with E-state index in [1.54, 1.807) is 12.3 Å². The van der Waals surface area contributed by atoms with Gasteiger partial charge in [-0.05, 0) is 48.7 Å². The molecule has 2 aromatic carbocycles. The first-order chi connectivity index (χ1) is 12.2. The first kappa shape index (κ1) is 15.4. The Kier molecular flexibility index (Phi) is 3.94. The van der Waals surface area contributed by atoms with Gasteiger partial charge in [0.15, 0.2) is 0 Å². The molecule has 2 heterocycles. The molecule has 0 unspecified atom stereocenters. The smallest absolute Gasteiger partial charge is 0.259 e. The molecule has 0 bridgehead atoms. The number of nitrogens with zero attached hydrogens (tertiary/aromatic N) is 2. The zero-order chi connectivity index (χ0) is 17.2. The van der Waals surface area contributed by atoms with Gasteiger partial charge in [-0.25, -0.2) is 4.98 Å². The van der Waals surface area contributed by atoms with Crippen molar-refractivity contribution in [1.29, 1.82) is 0 Å². The molecule has 25 heavy (non-hydrogen) atoms. The fraction of sp³-hybridized carbons (Fsp3) is 0.143. The molecule has 1 amide bonds. The number of nitrogens with one attached hydrogen (secondary N) is 1. The number of aromatic nitrogens is 1. The molecular formula is C21H19N3O. The third kappa shape index (κ3) is 2.87. The SMILES string of the molecule is Cc1ccccc1NC(=O)c1cccnc1N1CCc2ccccc21. The lowest BCUT2D eigenvalue weighted by atomic mass is 10.1. The van der Waals surface area contributed by atoms with Crippen LogP contribution in [0.5, 0.6) is 0 Å². The normalized spacial score (nSPS) is 12.8. The van der Waals surface area contributed by atoms with Crippen LogP contribution in [0, 0.1) is 6.92 Å². The van der Waals surface area contributed by atoms with Crippen molar-refractivity contribution in [3.63, 3.8) is 0 Å². The molecule has 1 N–H and O–H groups in total. The minimum absolute atomic E-state index is 0.137. The number of pyridine rings is 1. The van der Waals surface area contributed by atoms with Crippen molar-refractivity contribution in [1.82, 2.24) is 4.98 Å². The number of rotatable bonds is 3. The molecule has 0 aliphatic carbocycles. The van der Waals surface area contributed by atoms with Crippen molar-refractivity contribution in [2.24, 2.45) is 0 Å². The van der Waals surface area contributed by atoms with Crippen molar-refractivity contribution >= 4 is 23.1 Å². The van der Waals surface area contributed by atoms with Crippen LogP contribution in [-0.4, -0.2) is 17.4 Å². The summed E-state index contributed by atoms with van der Waals surface area (Å²) in [6.07, 6.45) is 2.70. The largest absolute Gasteiger partial charge is 0.325 e. The minimum Gasteiger partial charge on any atom is -0.325 e. The molecule has 1 aromatic heterocycles. The van der Waals surface area contributed by atoms with Gasteiger partial charge in [0.2, 0.25) is 0 Å². The Morgan fingerprint density at radius 1 is 1.04 bits per heavy atom. The number of carbonyl (C=O) groups excluding carboxylic acids is 1. The molecule has 4 nitrogen and oxygen atoms in total. The Labute approximate surface area is 147 Å². The van der Waals surface area contributed by atoms with Gasteiger partial charge in [0.25, 0.3) is 5.91 Å². The van der Waals surface area contributed by atoms with E-state index in [1.807, 2.05) is 49.4 Å². The predicted molar refractivity (Wildman–Crippen MR) is 101 cm³/mol. The van der Waals surface area contributed by atoms with E-state index in [9.17, 15) is 4.79 Å². The molecule has 3 aromatic rings. The number of hydrogen-bond acceptors (Lipinski definition) is 3. The first-order valence-electron chi connectivity index (χ1n) is 8.41. The molecule has 0 saturated carbocycles. The molecule has 4 heteroatoms. The summed E-state index contributed by atoms with van der Waals surface area (Å²) < 4.78 is 0. The number of amides is 1. The van der Waals surface area contributed by atoms with Gasteiger partial charge in [-0.1, -0.05) is 36.4 Å². The van der Waals surface area contributed by atoms with Gasteiger partial charge in [-0.15, -0.1) is 0 Å². The summed E-state index contributed by atoms with van der Waals surface area (Å²) in [6.45, 7) is 2.82. The average molecular weight is 329 g/mol. The highest BCUT2D eigenvalue weighted by atomic mass is 16.1. The number of anilines is 3. The van der Waals surface area contributed by atoms with E-state index in [4.69, 9.17) is 0 Å². The molecule has 124 valence electrons. The van der Waals surface area contributed by atoms with Crippen LogP contribution >= 0.6 is 0 Å². The van der Waals surface area contributed by atoms with Crippen LogP contribution in [-0.2, 0) is 6.42 Å². The third-order valence-electron chi connectivity index (χ3n) is 4.57. The Balaban J connectivity index is 1.68. The highest BCUT2D eigenvalue weighted by Crippen LogP contribution is 2.35. The molecule has 1 aliphatic heterocycles. The van der Waals surface area contributed by atoms with Crippen molar-refractivity contribution in [3.05, 3.63) is 83.6 Å². The topological polar surface area (TPSA) is 45.2 Å². The summed E-state index contributed by atoms with van der Waals surface area (Å²) in [7, 11) is 0.